The first kappa shape index (κ1) is 12.4. The van der Waals surface area contributed by atoms with Crippen LogP contribution in [0.4, 0.5) is 0 Å². The molecule has 94 valence electrons. The van der Waals surface area contributed by atoms with Crippen molar-refractivity contribution in [3.63, 3.8) is 0 Å². The number of esters is 1. The monoisotopic (exact) mass is 267 g/mol. The molecule has 6 heteroatoms. The molecule has 1 atom stereocenters. The topological polar surface area (TPSA) is 78.6 Å². The number of carbonyl (C=O) groups is 2. The zero-order valence-corrected chi connectivity index (χ0v) is 10.2. The molecule has 18 heavy (non-hydrogen) atoms. The number of nitrogens with two attached hydrogens (primary N) is 1. The number of carbonyl (C=O) groups excluding carboxylic acids is 2. The predicted octanol–water partition coefficient (Wildman–Crippen LogP) is 1.67. The van der Waals surface area contributed by atoms with Gasteiger partial charge in [0.2, 0.25) is 17.4 Å². The minimum atomic E-state index is -0.965. The Labute approximate surface area is 108 Å². The molecule has 1 unspecified atom stereocenters. The summed E-state index contributed by atoms with van der Waals surface area (Å²) in [4.78, 5) is 22.9. The first-order valence-electron chi connectivity index (χ1n) is 5.14. The van der Waals surface area contributed by atoms with Crippen LogP contribution < -0.4 is 5.73 Å². The van der Waals surface area contributed by atoms with Gasteiger partial charge in [0.25, 0.3) is 0 Å². The van der Waals surface area contributed by atoms with Gasteiger partial charge in [0.05, 0.1) is 0 Å². The van der Waals surface area contributed by atoms with E-state index in [0.29, 0.717) is 10.6 Å². The summed E-state index contributed by atoms with van der Waals surface area (Å²) in [6, 6.07) is 6.73. The van der Waals surface area contributed by atoms with E-state index in [2.05, 4.69) is 0 Å². The number of hydrogen-bond acceptors (Lipinski definition) is 5. The van der Waals surface area contributed by atoms with Gasteiger partial charge in [-0.05, 0) is 6.07 Å². The Kier molecular flexibility index (Phi) is 3.25. The van der Waals surface area contributed by atoms with Gasteiger partial charge in [-0.2, -0.15) is 0 Å². The Morgan fingerprint density at radius 3 is 2.72 bits per heavy atom. The van der Waals surface area contributed by atoms with Crippen molar-refractivity contribution in [2.45, 2.75) is 13.0 Å². The molecule has 0 spiro atoms. The maximum atomic E-state index is 12.0. The third kappa shape index (κ3) is 2.17. The molecule has 2 N–H and O–H groups in total. The molecule has 5 nitrogen and oxygen atoms in total. The van der Waals surface area contributed by atoms with Crippen LogP contribution in [-0.4, -0.2) is 11.8 Å². The van der Waals surface area contributed by atoms with Gasteiger partial charge in [-0.3, -0.25) is 9.59 Å². The van der Waals surface area contributed by atoms with Crippen LogP contribution in [0.3, 0.4) is 0 Å². The average Bonchev–Trinajstić information content (AvgIpc) is 2.57. The molecule has 0 aliphatic carbocycles. The highest BCUT2D eigenvalue weighted by molar-refractivity contribution is 6.31. The van der Waals surface area contributed by atoms with Gasteiger partial charge < -0.3 is 15.2 Å². The van der Waals surface area contributed by atoms with Gasteiger partial charge in [0.1, 0.15) is 0 Å². The molecule has 1 aliphatic heterocycles. The third-order valence-electron chi connectivity index (χ3n) is 2.36. The Morgan fingerprint density at radius 2 is 2.11 bits per heavy atom. The molecule has 0 bridgehead atoms. The summed E-state index contributed by atoms with van der Waals surface area (Å²) < 4.78 is 9.93. The van der Waals surface area contributed by atoms with Crippen LogP contribution in [-0.2, 0) is 19.1 Å². The molecule has 1 heterocycles. The smallest absolute Gasteiger partial charge is 0.308 e. The predicted molar refractivity (Wildman–Crippen MR) is 63.3 cm³/mol. The lowest BCUT2D eigenvalue weighted by atomic mass is 10.1. The number of Topliss-reactive ketones (excluding diaryl/α,β-unsaturated/α-hetero) is 1. The van der Waals surface area contributed by atoms with Crippen LogP contribution in [0.25, 0.3) is 0 Å². The summed E-state index contributed by atoms with van der Waals surface area (Å²) in [7, 11) is 0. The normalized spacial score (nSPS) is 18.8. The molecule has 1 aromatic rings. The first-order valence-corrected chi connectivity index (χ1v) is 5.52. The Balaban J connectivity index is 2.30. The largest absolute Gasteiger partial charge is 0.460 e. The SMILES string of the molecule is CC(=O)OC1=C(N)OC(c2ccccc2Cl)C1=O. The second kappa shape index (κ2) is 4.70. The first-order chi connectivity index (χ1) is 8.50. The Bertz CT molecular complexity index is 553. The van der Waals surface area contributed by atoms with Gasteiger partial charge in [-0.15, -0.1) is 0 Å². The lowest BCUT2D eigenvalue weighted by Crippen LogP contribution is -2.13. The van der Waals surface area contributed by atoms with E-state index in [4.69, 9.17) is 26.8 Å². The van der Waals surface area contributed by atoms with Crippen molar-refractivity contribution in [3.8, 4) is 0 Å². The molecule has 1 aliphatic rings. The summed E-state index contributed by atoms with van der Waals surface area (Å²) in [5.41, 5.74) is 5.99. The maximum Gasteiger partial charge on any atom is 0.308 e. The number of halogens is 1. The highest BCUT2D eigenvalue weighted by atomic mass is 35.5. The highest BCUT2D eigenvalue weighted by Crippen LogP contribution is 2.34. The van der Waals surface area contributed by atoms with E-state index in [0.717, 1.165) is 0 Å². The fourth-order valence-electron chi connectivity index (χ4n) is 1.61. The zero-order valence-electron chi connectivity index (χ0n) is 9.48. The molecule has 0 fully saturated rings. The number of benzene rings is 1. The van der Waals surface area contributed by atoms with Crippen molar-refractivity contribution in [2.24, 2.45) is 5.73 Å². The minimum absolute atomic E-state index is 0.208. The van der Waals surface area contributed by atoms with Crippen molar-refractivity contribution < 1.29 is 19.1 Å². The van der Waals surface area contributed by atoms with Crippen molar-refractivity contribution in [1.82, 2.24) is 0 Å². The lowest BCUT2D eigenvalue weighted by molar-refractivity contribution is -0.140. The van der Waals surface area contributed by atoms with Crippen molar-refractivity contribution in [2.75, 3.05) is 0 Å². The van der Waals surface area contributed by atoms with Gasteiger partial charge in [-0.25, -0.2) is 0 Å². The fraction of sp³-hybridized carbons (Fsp3) is 0.167. The van der Waals surface area contributed by atoms with E-state index in [9.17, 15) is 9.59 Å². The molecule has 0 amide bonds. The lowest BCUT2D eigenvalue weighted by Gasteiger charge is -2.11. The zero-order chi connectivity index (χ0) is 13.3. The van der Waals surface area contributed by atoms with Crippen LogP contribution in [0.1, 0.15) is 18.6 Å². The molecular weight excluding hydrogens is 258 g/mol. The summed E-state index contributed by atoms with van der Waals surface area (Å²) in [5, 5.41) is 0.382. The van der Waals surface area contributed by atoms with E-state index in [1.54, 1.807) is 24.3 Å². The van der Waals surface area contributed by atoms with Crippen LogP contribution in [0, 0.1) is 0 Å². The molecule has 0 saturated heterocycles. The van der Waals surface area contributed by atoms with Crippen LogP contribution in [0.15, 0.2) is 35.9 Å². The van der Waals surface area contributed by atoms with Gasteiger partial charge in [-0.1, -0.05) is 29.8 Å². The van der Waals surface area contributed by atoms with Crippen LogP contribution >= 0.6 is 11.6 Å². The molecule has 2 rings (SSSR count). The third-order valence-corrected chi connectivity index (χ3v) is 2.71. The average molecular weight is 268 g/mol. The van der Waals surface area contributed by atoms with Crippen molar-refractivity contribution >= 4 is 23.4 Å². The fourth-order valence-corrected chi connectivity index (χ4v) is 1.85. The van der Waals surface area contributed by atoms with E-state index >= 15 is 0 Å². The Hall–Kier alpha value is -2.01. The maximum absolute atomic E-state index is 12.0. The number of rotatable bonds is 2. The second-order valence-electron chi connectivity index (χ2n) is 3.67. The number of ketones is 1. The highest BCUT2D eigenvalue weighted by Gasteiger charge is 2.38. The van der Waals surface area contributed by atoms with Crippen molar-refractivity contribution in [3.05, 3.63) is 46.5 Å². The van der Waals surface area contributed by atoms with Crippen LogP contribution in [0.2, 0.25) is 5.02 Å². The van der Waals surface area contributed by atoms with E-state index < -0.39 is 17.9 Å². The minimum Gasteiger partial charge on any atom is -0.460 e. The van der Waals surface area contributed by atoms with Gasteiger partial charge in [0.15, 0.2) is 6.10 Å². The summed E-state index contributed by atoms with van der Waals surface area (Å²) in [6.45, 7) is 1.18. The van der Waals surface area contributed by atoms with E-state index in [1.165, 1.54) is 6.92 Å². The second-order valence-corrected chi connectivity index (χ2v) is 4.08. The van der Waals surface area contributed by atoms with Gasteiger partial charge in [0, 0.05) is 17.5 Å². The van der Waals surface area contributed by atoms with E-state index in [1.807, 2.05) is 0 Å². The molecule has 0 aromatic heterocycles. The summed E-state index contributed by atoms with van der Waals surface area (Å²) >= 11 is 5.97. The molecule has 0 saturated carbocycles. The molecule has 1 aromatic carbocycles. The Morgan fingerprint density at radius 1 is 1.44 bits per heavy atom. The quantitative estimate of drug-likeness (QED) is 0.825. The number of ether oxygens (including phenoxy) is 2. The van der Waals surface area contributed by atoms with Crippen molar-refractivity contribution in [1.29, 1.82) is 0 Å². The molecule has 0 radical (unpaired) electrons. The van der Waals surface area contributed by atoms with Gasteiger partial charge >= 0.3 is 5.97 Å². The number of hydrogen-bond donors (Lipinski definition) is 1. The summed E-state index contributed by atoms with van der Waals surface area (Å²) in [5.74, 6) is -1.63. The van der Waals surface area contributed by atoms with E-state index in [-0.39, 0.29) is 11.6 Å². The van der Waals surface area contributed by atoms with Crippen LogP contribution in [0.5, 0.6) is 0 Å². The summed E-state index contributed by atoms with van der Waals surface area (Å²) in [6.07, 6.45) is -0.965. The molecular formula is C12H10ClNO4. The standard InChI is InChI=1S/C12H10ClNO4/c1-6(15)17-11-9(16)10(18-12(11)14)7-4-2-3-5-8(7)13/h2-5,10H,14H2,1H3.